The van der Waals surface area contributed by atoms with Gasteiger partial charge in [0.05, 0.1) is 44.1 Å². The van der Waals surface area contributed by atoms with E-state index in [-0.39, 0.29) is 0 Å². The van der Waals surface area contributed by atoms with Crippen LogP contribution in [0.4, 0.5) is 0 Å². The molecule has 0 saturated carbocycles. The number of carbonyl (C=O) groups is 3. The minimum atomic E-state index is -3.00. The average Bonchev–Trinajstić information content (AvgIpc) is 2.99. The zero-order valence-corrected chi connectivity index (χ0v) is 25.2. The molecule has 0 aromatic rings. The van der Waals surface area contributed by atoms with E-state index >= 15 is 0 Å². The third-order valence-corrected chi connectivity index (χ3v) is 8.14. The van der Waals surface area contributed by atoms with Crippen LogP contribution in [0.5, 0.6) is 0 Å². The van der Waals surface area contributed by atoms with Gasteiger partial charge in [0, 0.05) is 20.3 Å². The van der Waals surface area contributed by atoms with E-state index in [9.17, 15) is 65.4 Å². The number of aliphatic carboxylic acids is 1. The summed E-state index contributed by atoms with van der Waals surface area (Å²) in [5.74, 6) is -6.22. The van der Waals surface area contributed by atoms with Gasteiger partial charge in [-0.05, 0) is 6.92 Å². The predicted octanol–water partition coefficient (Wildman–Crippen LogP) is -7.01. The summed E-state index contributed by atoms with van der Waals surface area (Å²) in [6.45, 7) is 1.07. The molecule has 20 heteroatoms. The highest BCUT2D eigenvalue weighted by molar-refractivity contribution is 5.76. The Labute approximate surface area is 262 Å². The number of carboxylic acids is 1. The molecule has 0 radical (unpaired) electrons. The molecule has 3 heterocycles. The number of ether oxygens (including phenoxy) is 5. The molecule has 0 spiro atoms. The Balaban J connectivity index is 1.95. The Hall–Kier alpha value is -2.15. The normalized spacial score (nSPS) is 42.9. The second-order valence-electron chi connectivity index (χ2n) is 11.5. The van der Waals surface area contributed by atoms with E-state index in [0.29, 0.717) is 0 Å². The third-order valence-electron chi connectivity index (χ3n) is 8.14. The number of rotatable bonds is 12. The molecule has 3 aliphatic heterocycles. The summed E-state index contributed by atoms with van der Waals surface area (Å²) in [5, 5.41) is 109. The molecule has 20 nitrogen and oxygen atoms in total. The second-order valence-corrected chi connectivity index (χ2v) is 11.5. The Morgan fingerprint density at radius 2 is 1.46 bits per heavy atom. The molecular weight excluding hydrogens is 628 g/mol. The van der Waals surface area contributed by atoms with E-state index < -0.39 is 141 Å². The number of carbonyl (C=O) groups excluding carboxylic acids is 2. The second kappa shape index (κ2) is 15.8. The monoisotopic (exact) mass is 672 g/mol. The van der Waals surface area contributed by atoms with Crippen molar-refractivity contribution in [1.82, 2.24) is 10.6 Å². The van der Waals surface area contributed by atoms with Crippen LogP contribution in [-0.4, -0.2) is 186 Å². The van der Waals surface area contributed by atoms with Crippen LogP contribution in [0.3, 0.4) is 0 Å². The molecule has 266 valence electrons. The highest BCUT2D eigenvalue weighted by atomic mass is 16.8. The fourth-order valence-corrected chi connectivity index (χ4v) is 5.82. The van der Waals surface area contributed by atoms with Gasteiger partial charge in [-0.25, -0.2) is 4.79 Å². The first-order valence-electron chi connectivity index (χ1n) is 14.5. The molecule has 0 aromatic heterocycles. The number of hydrogen-bond acceptors (Lipinski definition) is 17. The zero-order valence-electron chi connectivity index (χ0n) is 25.2. The van der Waals surface area contributed by atoms with E-state index in [1.54, 1.807) is 0 Å². The first-order chi connectivity index (χ1) is 21.5. The molecule has 6 unspecified atom stereocenters. The maximum absolute atomic E-state index is 12.6. The molecule has 12 N–H and O–H groups in total. The first kappa shape index (κ1) is 38.3. The molecule has 46 heavy (non-hydrogen) atoms. The zero-order chi connectivity index (χ0) is 34.7. The SMILES string of the molecule is CC(=O)NC1C(C)OC(CO)[C@H](O[C@@H]2OC(CO)[C@H](O)[C@H](O[C@]3(C(=O)O)C[C@H](O)[C@@H](NC(C)=O)C([C@H](O)[C@H](O)CO)O3)C2O)[C@@H]1O. The highest BCUT2D eigenvalue weighted by Gasteiger charge is 2.60. The van der Waals surface area contributed by atoms with Gasteiger partial charge in [0.15, 0.2) is 6.29 Å². The fourth-order valence-electron chi connectivity index (χ4n) is 5.82. The van der Waals surface area contributed by atoms with Crippen molar-refractivity contribution < 1.29 is 89.1 Å². The molecule has 0 aromatic carbocycles. The van der Waals surface area contributed by atoms with Crippen LogP contribution in [0.15, 0.2) is 0 Å². The summed E-state index contributed by atoms with van der Waals surface area (Å²) in [5.41, 5.74) is 0. The Kier molecular flexibility index (Phi) is 13.2. The minimum absolute atomic E-state index is 0.532. The Morgan fingerprint density at radius 1 is 0.870 bits per heavy atom. The van der Waals surface area contributed by atoms with Crippen molar-refractivity contribution in [2.24, 2.45) is 0 Å². The van der Waals surface area contributed by atoms with E-state index in [0.717, 1.165) is 6.92 Å². The number of aliphatic hydroxyl groups is 9. The van der Waals surface area contributed by atoms with Gasteiger partial charge < -0.3 is 85.4 Å². The molecule has 0 aliphatic carbocycles. The number of hydrogen-bond donors (Lipinski definition) is 12. The molecule has 3 rings (SSSR count). The number of carboxylic acid groups (broad SMARTS) is 1. The lowest BCUT2D eigenvalue weighted by Gasteiger charge is -2.50. The quantitative estimate of drug-likeness (QED) is 0.0916. The summed E-state index contributed by atoms with van der Waals surface area (Å²) >= 11 is 0. The van der Waals surface area contributed by atoms with Crippen molar-refractivity contribution in [2.45, 2.75) is 125 Å². The maximum Gasteiger partial charge on any atom is 0.364 e. The van der Waals surface area contributed by atoms with Crippen molar-refractivity contribution in [1.29, 1.82) is 0 Å². The highest BCUT2D eigenvalue weighted by Crippen LogP contribution is 2.38. The molecular formula is C26H44N2O18. The van der Waals surface area contributed by atoms with Crippen LogP contribution < -0.4 is 10.6 Å². The van der Waals surface area contributed by atoms with Crippen LogP contribution in [0.2, 0.25) is 0 Å². The Bertz CT molecular complexity index is 1050. The molecule has 3 saturated heterocycles. The molecule has 3 fully saturated rings. The lowest BCUT2D eigenvalue weighted by molar-refractivity contribution is -0.379. The summed E-state index contributed by atoms with van der Waals surface area (Å²) in [4.78, 5) is 36.1. The maximum atomic E-state index is 12.6. The van der Waals surface area contributed by atoms with Crippen molar-refractivity contribution in [3.63, 3.8) is 0 Å². The predicted molar refractivity (Wildman–Crippen MR) is 145 cm³/mol. The standard InChI is InChI=1S/C26H44N2O18/c1-8-15(27-9(2)32)19(38)21(14(7-31)42-8)44-24-20(39)23(18(37)13(6-30)43-24)46-26(25(40)41)4-11(34)16(28-10(3)33)22(45-26)17(36)12(35)5-29/h8,11-24,29-31,34-39H,4-7H2,1-3H3,(H,27,32)(H,28,33)(H,40,41)/t8?,11-,12+,13?,14?,15?,16+,17+,18-,19+,20?,21-,22?,23-,24-,26-/m0/s1. The van der Waals surface area contributed by atoms with E-state index in [1.807, 2.05) is 0 Å². The van der Waals surface area contributed by atoms with Gasteiger partial charge in [0.2, 0.25) is 11.8 Å². The van der Waals surface area contributed by atoms with Gasteiger partial charge in [0.25, 0.3) is 5.79 Å². The number of amides is 2. The van der Waals surface area contributed by atoms with Gasteiger partial charge in [-0.15, -0.1) is 0 Å². The van der Waals surface area contributed by atoms with Crippen molar-refractivity contribution in [3.8, 4) is 0 Å². The third kappa shape index (κ3) is 8.10. The average molecular weight is 673 g/mol. The fraction of sp³-hybridized carbons (Fsp3) is 0.885. The first-order valence-corrected chi connectivity index (χ1v) is 14.5. The molecule has 2 amide bonds. The summed E-state index contributed by atoms with van der Waals surface area (Å²) in [6, 6.07) is -2.59. The van der Waals surface area contributed by atoms with Gasteiger partial charge in [0.1, 0.15) is 61.0 Å². The van der Waals surface area contributed by atoms with Crippen LogP contribution in [0.1, 0.15) is 27.2 Å². The largest absolute Gasteiger partial charge is 0.477 e. The van der Waals surface area contributed by atoms with Crippen LogP contribution in [0.25, 0.3) is 0 Å². The van der Waals surface area contributed by atoms with E-state index in [1.165, 1.54) is 13.8 Å². The van der Waals surface area contributed by atoms with Crippen molar-refractivity contribution >= 4 is 17.8 Å². The van der Waals surface area contributed by atoms with Crippen molar-refractivity contribution in [2.75, 3.05) is 19.8 Å². The number of nitrogens with one attached hydrogen (secondary N) is 2. The topological polar surface area (TPSA) is 324 Å². The summed E-state index contributed by atoms with van der Waals surface area (Å²) in [7, 11) is 0. The van der Waals surface area contributed by atoms with Gasteiger partial charge >= 0.3 is 5.97 Å². The summed E-state index contributed by atoms with van der Waals surface area (Å²) < 4.78 is 28.1. The van der Waals surface area contributed by atoms with E-state index in [4.69, 9.17) is 23.7 Å². The molecule has 0 bridgehead atoms. The molecule has 16 atom stereocenters. The summed E-state index contributed by atoms with van der Waals surface area (Å²) in [6.07, 6.45) is -23.7. The minimum Gasteiger partial charge on any atom is -0.477 e. The van der Waals surface area contributed by atoms with Crippen LogP contribution >= 0.6 is 0 Å². The van der Waals surface area contributed by atoms with Gasteiger partial charge in [-0.1, -0.05) is 0 Å². The van der Waals surface area contributed by atoms with Crippen LogP contribution in [-0.2, 0) is 38.1 Å². The lowest BCUT2D eigenvalue weighted by atomic mass is 9.88. The smallest absolute Gasteiger partial charge is 0.364 e. The molecule has 3 aliphatic rings. The lowest BCUT2D eigenvalue weighted by Crippen LogP contribution is -2.71. The van der Waals surface area contributed by atoms with Crippen molar-refractivity contribution in [3.05, 3.63) is 0 Å². The Morgan fingerprint density at radius 3 is 1.98 bits per heavy atom. The van der Waals surface area contributed by atoms with E-state index in [2.05, 4.69) is 10.6 Å². The van der Waals surface area contributed by atoms with Gasteiger partial charge in [-0.3, -0.25) is 9.59 Å². The van der Waals surface area contributed by atoms with Gasteiger partial charge in [-0.2, -0.15) is 0 Å². The number of aliphatic hydroxyl groups excluding tert-OH is 9. The van der Waals surface area contributed by atoms with Crippen LogP contribution in [0, 0.1) is 0 Å².